The van der Waals surface area contributed by atoms with E-state index < -0.39 is 10.0 Å². The minimum atomic E-state index is -3.49. The third kappa shape index (κ3) is 7.41. The van der Waals surface area contributed by atoms with Gasteiger partial charge < -0.3 is 10.1 Å². The van der Waals surface area contributed by atoms with Gasteiger partial charge in [-0.3, -0.25) is 14.0 Å². The van der Waals surface area contributed by atoms with Crippen molar-refractivity contribution >= 4 is 21.6 Å². The van der Waals surface area contributed by atoms with Crippen molar-refractivity contribution in [1.82, 2.24) is 10.2 Å². The molecule has 0 radical (unpaired) electrons. The summed E-state index contributed by atoms with van der Waals surface area (Å²) in [4.78, 5) is 15.1. The van der Waals surface area contributed by atoms with E-state index in [0.29, 0.717) is 17.8 Å². The summed E-state index contributed by atoms with van der Waals surface area (Å²) in [5, 5.41) is 2.99. The first-order chi connectivity index (χ1) is 17.7. The Labute approximate surface area is 220 Å². The first-order valence-corrected chi connectivity index (χ1v) is 14.3. The van der Waals surface area contributed by atoms with Crippen LogP contribution in [-0.2, 0) is 34.4 Å². The predicted octanol–water partition coefficient (Wildman–Crippen LogP) is 4.03. The zero-order valence-corrected chi connectivity index (χ0v) is 22.6. The summed E-state index contributed by atoms with van der Waals surface area (Å²) in [5.41, 5.74) is 6.16. The van der Waals surface area contributed by atoms with Gasteiger partial charge in [-0.1, -0.05) is 48.5 Å². The van der Waals surface area contributed by atoms with Crippen LogP contribution in [0.2, 0.25) is 0 Å². The maximum Gasteiger partial charge on any atom is 0.251 e. The van der Waals surface area contributed by atoms with Crippen LogP contribution in [0, 0.1) is 13.8 Å². The minimum Gasteiger partial charge on any atom is -0.379 e. The molecule has 0 saturated carbocycles. The molecule has 4 rings (SSSR count). The highest BCUT2D eigenvalue weighted by Gasteiger charge is 2.20. The molecule has 0 unspecified atom stereocenters. The van der Waals surface area contributed by atoms with Crippen LogP contribution in [0.3, 0.4) is 0 Å². The number of nitrogens with zero attached hydrogens (tertiary/aromatic N) is 2. The summed E-state index contributed by atoms with van der Waals surface area (Å²) >= 11 is 0. The quantitative estimate of drug-likeness (QED) is 0.460. The van der Waals surface area contributed by atoms with E-state index in [-0.39, 0.29) is 12.5 Å². The molecule has 1 aliphatic rings. The average Bonchev–Trinajstić information content (AvgIpc) is 2.88. The number of anilines is 1. The molecule has 37 heavy (non-hydrogen) atoms. The van der Waals surface area contributed by atoms with Crippen molar-refractivity contribution in [3.63, 3.8) is 0 Å². The number of sulfonamides is 1. The van der Waals surface area contributed by atoms with Gasteiger partial charge in [-0.05, 0) is 59.9 Å². The van der Waals surface area contributed by atoms with Crippen LogP contribution in [0.5, 0.6) is 0 Å². The summed E-state index contributed by atoms with van der Waals surface area (Å²) in [6.45, 7) is 8.76. The lowest BCUT2D eigenvalue weighted by Crippen LogP contribution is -2.35. The zero-order valence-electron chi connectivity index (χ0n) is 21.7. The molecule has 0 atom stereocenters. The molecule has 0 spiro atoms. The van der Waals surface area contributed by atoms with Crippen molar-refractivity contribution in [1.29, 1.82) is 0 Å². The molecule has 1 fully saturated rings. The van der Waals surface area contributed by atoms with Crippen molar-refractivity contribution in [2.45, 2.75) is 33.5 Å². The van der Waals surface area contributed by atoms with Gasteiger partial charge in [0.15, 0.2) is 0 Å². The van der Waals surface area contributed by atoms with Crippen molar-refractivity contribution < 1.29 is 17.9 Å². The maximum atomic E-state index is 12.8. The van der Waals surface area contributed by atoms with Crippen molar-refractivity contribution in [2.75, 3.05) is 36.9 Å². The van der Waals surface area contributed by atoms with Crippen LogP contribution in [-0.4, -0.2) is 51.8 Å². The number of nitrogens with one attached hydrogen (secondary N) is 1. The first-order valence-electron chi connectivity index (χ1n) is 12.5. The second-order valence-electron chi connectivity index (χ2n) is 9.65. The Morgan fingerprint density at radius 2 is 1.65 bits per heavy atom. The third-order valence-electron chi connectivity index (χ3n) is 6.53. The number of hydrogen-bond donors (Lipinski definition) is 1. The molecule has 1 amide bonds. The Kier molecular flexibility index (Phi) is 8.63. The highest BCUT2D eigenvalue weighted by atomic mass is 32.2. The van der Waals surface area contributed by atoms with Crippen LogP contribution in [0.1, 0.15) is 38.2 Å². The molecule has 1 saturated heterocycles. The number of morpholine rings is 1. The van der Waals surface area contributed by atoms with Gasteiger partial charge in [-0.2, -0.15) is 0 Å². The fourth-order valence-electron chi connectivity index (χ4n) is 4.44. The lowest BCUT2D eigenvalue weighted by Gasteiger charge is -2.26. The molecule has 1 aliphatic heterocycles. The monoisotopic (exact) mass is 521 g/mol. The van der Waals surface area contributed by atoms with E-state index in [9.17, 15) is 13.2 Å². The van der Waals surface area contributed by atoms with E-state index in [1.54, 1.807) is 24.3 Å². The van der Waals surface area contributed by atoms with Gasteiger partial charge in [-0.15, -0.1) is 0 Å². The summed E-state index contributed by atoms with van der Waals surface area (Å²) in [7, 11) is -3.49. The predicted molar refractivity (Wildman–Crippen MR) is 147 cm³/mol. The Balaban J connectivity index is 1.38. The number of ether oxygens (including phenoxy) is 1. The van der Waals surface area contributed by atoms with Crippen LogP contribution in [0.25, 0.3) is 0 Å². The van der Waals surface area contributed by atoms with E-state index in [1.807, 2.05) is 44.2 Å². The highest BCUT2D eigenvalue weighted by molar-refractivity contribution is 7.92. The maximum absolute atomic E-state index is 12.8. The number of carbonyl (C=O) groups is 1. The van der Waals surface area contributed by atoms with Crippen LogP contribution in [0.15, 0.2) is 66.7 Å². The number of hydrogen-bond acceptors (Lipinski definition) is 5. The summed E-state index contributed by atoms with van der Waals surface area (Å²) < 4.78 is 32.0. The van der Waals surface area contributed by atoms with Crippen molar-refractivity contribution in [3.05, 3.63) is 100 Å². The average molecular weight is 522 g/mol. The van der Waals surface area contributed by atoms with Gasteiger partial charge >= 0.3 is 0 Å². The summed E-state index contributed by atoms with van der Waals surface area (Å²) in [5.74, 6) is -0.167. The molecule has 3 aromatic carbocycles. The number of benzene rings is 3. The second-order valence-corrected chi connectivity index (χ2v) is 11.6. The minimum absolute atomic E-state index is 0.167. The van der Waals surface area contributed by atoms with Crippen molar-refractivity contribution in [2.24, 2.45) is 0 Å². The molecule has 3 aromatic rings. The Morgan fingerprint density at radius 1 is 0.946 bits per heavy atom. The fraction of sp³-hybridized carbons (Fsp3) is 0.345. The van der Waals surface area contributed by atoms with Gasteiger partial charge in [0, 0.05) is 31.7 Å². The third-order valence-corrected chi connectivity index (χ3v) is 7.66. The molecule has 1 heterocycles. The van der Waals surface area contributed by atoms with E-state index in [1.165, 1.54) is 16.1 Å². The lowest BCUT2D eigenvalue weighted by atomic mass is 10.1. The summed E-state index contributed by atoms with van der Waals surface area (Å²) in [6, 6.07) is 21.1. The molecule has 0 aromatic heterocycles. The largest absolute Gasteiger partial charge is 0.379 e. The van der Waals surface area contributed by atoms with E-state index >= 15 is 0 Å². The SMILES string of the molecule is Cc1ccc(C)c(N(Cc2ccc(C(=O)NCc3cccc(CN4CCOCC4)c3)cc2)S(C)(=O)=O)c1. The summed E-state index contributed by atoms with van der Waals surface area (Å²) in [6.07, 6.45) is 1.21. The van der Waals surface area contributed by atoms with Gasteiger partial charge in [0.1, 0.15) is 0 Å². The molecule has 7 nitrogen and oxygen atoms in total. The van der Waals surface area contributed by atoms with Crippen molar-refractivity contribution in [3.8, 4) is 0 Å². The van der Waals surface area contributed by atoms with Gasteiger partial charge in [0.05, 0.1) is 31.7 Å². The van der Waals surface area contributed by atoms with Crippen LogP contribution >= 0.6 is 0 Å². The van der Waals surface area contributed by atoms with Gasteiger partial charge in [0.25, 0.3) is 5.91 Å². The molecule has 0 aliphatic carbocycles. The van der Waals surface area contributed by atoms with Crippen LogP contribution in [0.4, 0.5) is 5.69 Å². The number of amides is 1. The molecule has 1 N–H and O–H groups in total. The molecular weight excluding hydrogens is 486 g/mol. The highest BCUT2D eigenvalue weighted by Crippen LogP contribution is 2.26. The number of aryl methyl sites for hydroxylation is 2. The van der Waals surface area contributed by atoms with E-state index in [2.05, 4.69) is 22.3 Å². The van der Waals surface area contributed by atoms with Gasteiger partial charge in [-0.25, -0.2) is 8.42 Å². The zero-order chi connectivity index (χ0) is 26.4. The van der Waals surface area contributed by atoms with E-state index in [4.69, 9.17) is 4.74 Å². The standard InChI is InChI=1S/C29H35N3O4S/c1-22-7-8-23(2)28(17-22)32(37(3,34)35)21-24-9-11-27(12-10-24)29(33)30-19-25-5-4-6-26(18-25)20-31-13-15-36-16-14-31/h4-12,17-18H,13-16,19-21H2,1-3H3,(H,30,33). The molecular formula is C29H35N3O4S. The molecule has 196 valence electrons. The number of carbonyl (C=O) groups excluding carboxylic acids is 1. The van der Waals surface area contributed by atoms with E-state index in [0.717, 1.165) is 55.1 Å². The fourth-order valence-corrected chi connectivity index (χ4v) is 5.37. The first kappa shape index (κ1) is 26.9. The second kappa shape index (κ2) is 11.9. The lowest BCUT2D eigenvalue weighted by molar-refractivity contribution is 0.0342. The molecule has 0 bridgehead atoms. The number of rotatable bonds is 9. The van der Waals surface area contributed by atoms with Crippen LogP contribution < -0.4 is 9.62 Å². The Hall–Kier alpha value is -3.20. The Morgan fingerprint density at radius 3 is 2.35 bits per heavy atom. The normalized spacial score (nSPS) is 14.4. The smallest absolute Gasteiger partial charge is 0.251 e. The van der Waals surface area contributed by atoms with Gasteiger partial charge in [0.2, 0.25) is 10.0 Å². The molecule has 8 heteroatoms. The Bertz CT molecular complexity index is 1330. The topological polar surface area (TPSA) is 79.0 Å².